The lowest BCUT2D eigenvalue weighted by molar-refractivity contribution is 0.138. The predicted octanol–water partition coefficient (Wildman–Crippen LogP) is 4.59. The molecule has 1 aliphatic heterocycles. The Morgan fingerprint density at radius 3 is 2.75 bits per heavy atom. The Bertz CT molecular complexity index is 679. The molecule has 1 aromatic heterocycles. The summed E-state index contributed by atoms with van der Waals surface area (Å²) in [5.41, 5.74) is 2.46. The SMILES string of the molecule is COc1cc(OC)c(CN2CCCCC2c2cccnc2)cc1Br. The number of pyridine rings is 1. The Morgan fingerprint density at radius 1 is 1.21 bits per heavy atom. The number of hydrogen-bond donors (Lipinski definition) is 0. The predicted molar refractivity (Wildman–Crippen MR) is 98.5 cm³/mol. The van der Waals surface area contributed by atoms with Crippen molar-refractivity contribution in [3.63, 3.8) is 0 Å². The van der Waals surface area contributed by atoms with Gasteiger partial charge in [-0.05, 0) is 53.0 Å². The molecule has 1 aromatic carbocycles. The molecule has 1 fully saturated rings. The quantitative estimate of drug-likeness (QED) is 0.747. The van der Waals surface area contributed by atoms with Gasteiger partial charge in [0, 0.05) is 36.6 Å². The number of hydrogen-bond acceptors (Lipinski definition) is 4. The molecule has 1 unspecified atom stereocenters. The zero-order valence-electron chi connectivity index (χ0n) is 14.2. The van der Waals surface area contributed by atoms with Gasteiger partial charge < -0.3 is 9.47 Å². The van der Waals surface area contributed by atoms with Crippen LogP contribution in [0.5, 0.6) is 11.5 Å². The Morgan fingerprint density at radius 2 is 2.04 bits per heavy atom. The standard InChI is InChI=1S/C19H23BrN2O2/c1-23-18-11-19(24-2)16(20)10-15(18)13-22-9-4-3-7-17(22)14-6-5-8-21-12-14/h5-6,8,10-12,17H,3-4,7,9,13H2,1-2H3. The van der Waals surface area contributed by atoms with Gasteiger partial charge in [-0.25, -0.2) is 0 Å². The largest absolute Gasteiger partial charge is 0.496 e. The molecule has 0 saturated carbocycles. The summed E-state index contributed by atoms with van der Waals surface area (Å²) in [4.78, 5) is 6.82. The van der Waals surface area contributed by atoms with Gasteiger partial charge in [0.25, 0.3) is 0 Å². The third-order valence-corrected chi connectivity index (χ3v) is 5.23. The van der Waals surface area contributed by atoms with Gasteiger partial charge in [-0.2, -0.15) is 0 Å². The molecule has 0 aliphatic carbocycles. The van der Waals surface area contributed by atoms with Crippen molar-refractivity contribution in [3.05, 3.63) is 52.3 Å². The van der Waals surface area contributed by atoms with Crippen molar-refractivity contribution in [3.8, 4) is 11.5 Å². The van der Waals surface area contributed by atoms with Gasteiger partial charge in [0.15, 0.2) is 0 Å². The molecule has 1 aliphatic rings. The minimum Gasteiger partial charge on any atom is -0.496 e. The van der Waals surface area contributed by atoms with Crippen LogP contribution in [-0.2, 0) is 6.54 Å². The molecule has 0 bridgehead atoms. The van der Waals surface area contributed by atoms with E-state index in [1.807, 2.05) is 24.5 Å². The molecule has 128 valence electrons. The number of halogens is 1. The molecule has 4 nitrogen and oxygen atoms in total. The molecule has 24 heavy (non-hydrogen) atoms. The zero-order valence-corrected chi connectivity index (χ0v) is 15.8. The van der Waals surface area contributed by atoms with E-state index in [0.717, 1.165) is 29.1 Å². The number of methoxy groups -OCH3 is 2. The van der Waals surface area contributed by atoms with Crippen molar-refractivity contribution >= 4 is 15.9 Å². The first-order chi connectivity index (χ1) is 11.7. The highest BCUT2D eigenvalue weighted by Crippen LogP contribution is 2.37. The maximum absolute atomic E-state index is 5.59. The van der Waals surface area contributed by atoms with E-state index in [1.54, 1.807) is 14.2 Å². The highest BCUT2D eigenvalue weighted by molar-refractivity contribution is 9.10. The van der Waals surface area contributed by atoms with Gasteiger partial charge in [-0.3, -0.25) is 9.88 Å². The molecular weight excluding hydrogens is 368 g/mol. The van der Waals surface area contributed by atoms with Gasteiger partial charge in [-0.1, -0.05) is 12.5 Å². The summed E-state index contributed by atoms with van der Waals surface area (Å²) in [7, 11) is 3.38. The van der Waals surface area contributed by atoms with Crippen LogP contribution in [0, 0.1) is 0 Å². The van der Waals surface area contributed by atoms with E-state index in [0.29, 0.717) is 6.04 Å². The van der Waals surface area contributed by atoms with Gasteiger partial charge in [0.1, 0.15) is 11.5 Å². The van der Waals surface area contributed by atoms with Gasteiger partial charge >= 0.3 is 0 Å². The van der Waals surface area contributed by atoms with Gasteiger partial charge in [-0.15, -0.1) is 0 Å². The molecule has 2 heterocycles. The second-order valence-electron chi connectivity index (χ2n) is 6.07. The Hall–Kier alpha value is -1.59. The Labute approximate surface area is 151 Å². The topological polar surface area (TPSA) is 34.6 Å². The van der Waals surface area contributed by atoms with Gasteiger partial charge in [0.2, 0.25) is 0 Å². The molecule has 5 heteroatoms. The van der Waals surface area contributed by atoms with Crippen LogP contribution < -0.4 is 9.47 Å². The number of nitrogens with zero attached hydrogens (tertiary/aromatic N) is 2. The number of likely N-dealkylation sites (tertiary alicyclic amines) is 1. The number of ether oxygens (including phenoxy) is 2. The van der Waals surface area contributed by atoms with Crippen molar-refractivity contribution in [1.29, 1.82) is 0 Å². The van der Waals surface area contributed by atoms with Crippen molar-refractivity contribution in [1.82, 2.24) is 9.88 Å². The van der Waals surface area contributed by atoms with E-state index in [-0.39, 0.29) is 0 Å². The van der Waals surface area contributed by atoms with Gasteiger partial charge in [0.05, 0.1) is 18.7 Å². The van der Waals surface area contributed by atoms with E-state index < -0.39 is 0 Å². The normalized spacial score (nSPS) is 18.4. The molecule has 0 amide bonds. The second kappa shape index (κ2) is 7.99. The molecule has 3 rings (SSSR count). The van der Waals surface area contributed by atoms with Crippen molar-refractivity contribution < 1.29 is 9.47 Å². The second-order valence-corrected chi connectivity index (χ2v) is 6.92. The summed E-state index contributed by atoms with van der Waals surface area (Å²) in [5.74, 6) is 1.66. The smallest absolute Gasteiger partial charge is 0.136 e. The fourth-order valence-corrected chi connectivity index (χ4v) is 3.95. The number of benzene rings is 1. The molecule has 1 atom stereocenters. The lowest BCUT2D eigenvalue weighted by atomic mass is 9.95. The van der Waals surface area contributed by atoms with Crippen LogP contribution in [-0.4, -0.2) is 30.6 Å². The number of piperidine rings is 1. The van der Waals surface area contributed by atoms with Crippen LogP contribution in [0.25, 0.3) is 0 Å². The van der Waals surface area contributed by atoms with Crippen LogP contribution in [0.2, 0.25) is 0 Å². The average Bonchev–Trinajstić information content (AvgIpc) is 2.63. The Kier molecular flexibility index (Phi) is 5.74. The lowest BCUT2D eigenvalue weighted by Gasteiger charge is -2.36. The maximum Gasteiger partial charge on any atom is 0.136 e. The molecule has 0 spiro atoms. The van der Waals surface area contributed by atoms with Crippen molar-refractivity contribution in [2.24, 2.45) is 0 Å². The minimum atomic E-state index is 0.415. The van der Waals surface area contributed by atoms with E-state index in [9.17, 15) is 0 Å². The van der Waals surface area contributed by atoms with Crippen LogP contribution in [0.1, 0.15) is 36.4 Å². The highest BCUT2D eigenvalue weighted by atomic mass is 79.9. The molecule has 1 saturated heterocycles. The summed E-state index contributed by atoms with van der Waals surface area (Å²) in [6.45, 7) is 1.94. The third kappa shape index (κ3) is 3.73. The van der Waals surface area contributed by atoms with Crippen LogP contribution in [0.3, 0.4) is 0 Å². The van der Waals surface area contributed by atoms with E-state index in [4.69, 9.17) is 9.47 Å². The van der Waals surface area contributed by atoms with Crippen LogP contribution >= 0.6 is 15.9 Å². The summed E-state index contributed by atoms with van der Waals surface area (Å²) in [6.07, 6.45) is 7.49. The molecule has 0 N–H and O–H groups in total. The third-order valence-electron chi connectivity index (χ3n) is 4.61. The average molecular weight is 391 g/mol. The molecule has 0 radical (unpaired) electrons. The summed E-state index contributed by atoms with van der Waals surface area (Å²) in [6, 6.07) is 8.66. The van der Waals surface area contributed by atoms with Crippen molar-refractivity contribution in [2.75, 3.05) is 20.8 Å². The maximum atomic E-state index is 5.59. The minimum absolute atomic E-state index is 0.415. The van der Waals surface area contributed by atoms with Crippen molar-refractivity contribution in [2.45, 2.75) is 31.8 Å². The van der Waals surface area contributed by atoms with Crippen LogP contribution in [0.4, 0.5) is 0 Å². The first-order valence-electron chi connectivity index (χ1n) is 8.27. The molecule has 2 aromatic rings. The van der Waals surface area contributed by atoms with E-state index in [2.05, 4.69) is 37.9 Å². The van der Waals surface area contributed by atoms with E-state index >= 15 is 0 Å². The first-order valence-corrected chi connectivity index (χ1v) is 9.06. The highest BCUT2D eigenvalue weighted by Gasteiger charge is 2.25. The fourth-order valence-electron chi connectivity index (χ4n) is 3.40. The lowest BCUT2D eigenvalue weighted by Crippen LogP contribution is -2.33. The monoisotopic (exact) mass is 390 g/mol. The Balaban J connectivity index is 1.87. The summed E-state index contributed by atoms with van der Waals surface area (Å²) in [5, 5.41) is 0. The fraction of sp³-hybridized carbons (Fsp3) is 0.421. The number of aromatic nitrogens is 1. The zero-order chi connectivity index (χ0) is 16.9. The summed E-state index contributed by atoms with van der Waals surface area (Å²) < 4.78 is 11.9. The molecular formula is C19H23BrN2O2. The first kappa shape index (κ1) is 17.2. The van der Waals surface area contributed by atoms with E-state index in [1.165, 1.54) is 30.4 Å². The number of rotatable bonds is 5. The summed E-state index contributed by atoms with van der Waals surface area (Å²) >= 11 is 3.59. The van der Waals surface area contributed by atoms with Crippen LogP contribution in [0.15, 0.2) is 41.1 Å².